The lowest BCUT2D eigenvalue weighted by atomic mass is 10.2. The monoisotopic (exact) mass is 384 g/mol. The number of hydrogen-bond acceptors (Lipinski definition) is 8. The van der Waals surface area contributed by atoms with Gasteiger partial charge in [0.05, 0.1) is 26.8 Å². The summed E-state index contributed by atoms with van der Waals surface area (Å²) in [5.74, 6) is 1.86. The van der Waals surface area contributed by atoms with Gasteiger partial charge in [-0.25, -0.2) is 9.97 Å². The molecule has 0 aliphatic heterocycles. The first-order valence-electron chi connectivity index (χ1n) is 9.44. The average Bonchev–Trinajstić information content (AvgIpc) is 3.37. The van der Waals surface area contributed by atoms with Crippen LogP contribution in [0.4, 0.5) is 5.95 Å². The zero-order valence-corrected chi connectivity index (χ0v) is 16.1. The highest BCUT2D eigenvalue weighted by Gasteiger charge is 2.26. The van der Waals surface area contributed by atoms with Crippen LogP contribution in [0.5, 0.6) is 5.75 Å². The Bertz CT molecular complexity index is 1010. The highest BCUT2D eigenvalue weighted by atomic mass is 16.5. The van der Waals surface area contributed by atoms with E-state index < -0.39 is 0 Å². The SMILES string of the molecule is CCOC(=O)CN(Cc1nc2c3cccc(OC)c3nc(N)n2n1)CC1CC1. The summed E-state index contributed by atoms with van der Waals surface area (Å²) < 4.78 is 12.0. The molecular weight excluding hydrogens is 360 g/mol. The van der Waals surface area contributed by atoms with Gasteiger partial charge in [0.25, 0.3) is 0 Å². The molecule has 148 valence electrons. The van der Waals surface area contributed by atoms with Gasteiger partial charge < -0.3 is 15.2 Å². The van der Waals surface area contributed by atoms with Gasteiger partial charge in [-0.2, -0.15) is 4.52 Å². The van der Waals surface area contributed by atoms with Crippen LogP contribution in [0.25, 0.3) is 16.6 Å². The zero-order chi connectivity index (χ0) is 19.7. The molecule has 28 heavy (non-hydrogen) atoms. The highest BCUT2D eigenvalue weighted by molar-refractivity contribution is 5.95. The molecule has 2 heterocycles. The number of anilines is 1. The number of benzene rings is 1. The Labute approximate surface area is 162 Å². The zero-order valence-electron chi connectivity index (χ0n) is 16.1. The number of nitrogens with zero attached hydrogens (tertiary/aromatic N) is 5. The van der Waals surface area contributed by atoms with Crippen LogP contribution in [0.1, 0.15) is 25.6 Å². The molecule has 0 saturated heterocycles. The maximum Gasteiger partial charge on any atom is 0.320 e. The molecule has 3 aromatic rings. The standard InChI is InChI=1S/C19H24N6O3/c1-3-28-16(26)11-24(9-12-7-8-12)10-15-21-18-13-5-4-6-14(27-2)17(13)22-19(20)25(18)23-15/h4-6,12H,3,7-11H2,1-2H3,(H2,20,22). The minimum atomic E-state index is -0.233. The molecule has 2 aromatic heterocycles. The third-order valence-corrected chi connectivity index (χ3v) is 4.79. The smallest absolute Gasteiger partial charge is 0.320 e. The van der Waals surface area contributed by atoms with Gasteiger partial charge in [0.15, 0.2) is 11.5 Å². The van der Waals surface area contributed by atoms with Crippen molar-refractivity contribution in [2.75, 3.05) is 32.5 Å². The second-order valence-corrected chi connectivity index (χ2v) is 7.01. The molecule has 9 heteroatoms. The highest BCUT2D eigenvalue weighted by Crippen LogP contribution is 2.30. The van der Waals surface area contributed by atoms with E-state index in [9.17, 15) is 4.79 Å². The topological polar surface area (TPSA) is 108 Å². The van der Waals surface area contributed by atoms with E-state index in [0.717, 1.165) is 11.9 Å². The van der Waals surface area contributed by atoms with Crippen molar-refractivity contribution < 1.29 is 14.3 Å². The fourth-order valence-corrected chi connectivity index (χ4v) is 3.34. The third kappa shape index (κ3) is 3.70. The fraction of sp³-hybridized carbons (Fsp3) is 0.474. The molecule has 0 atom stereocenters. The van der Waals surface area contributed by atoms with E-state index >= 15 is 0 Å². The van der Waals surface area contributed by atoms with Crippen molar-refractivity contribution in [1.29, 1.82) is 0 Å². The molecule has 1 aliphatic rings. The Morgan fingerprint density at radius 1 is 1.36 bits per heavy atom. The van der Waals surface area contributed by atoms with Crippen molar-refractivity contribution in [3.05, 3.63) is 24.0 Å². The number of para-hydroxylation sites is 1. The van der Waals surface area contributed by atoms with E-state index in [-0.39, 0.29) is 18.5 Å². The number of nitrogens with two attached hydrogens (primary N) is 1. The molecule has 1 aromatic carbocycles. The molecule has 1 fully saturated rings. The average molecular weight is 384 g/mol. The number of esters is 1. The summed E-state index contributed by atoms with van der Waals surface area (Å²) in [5.41, 5.74) is 7.38. The Kier molecular flexibility index (Phi) is 4.99. The van der Waals surface area contributed by atoms with Crippen LogP contribution >= 0.6 is 0 Å². The van der Waals surface area contributed by atoms with Gasteiger partial charge >= 0.3 is 5.97 Å². The van der Waals surface area contributed by atoms with E-state index in [1.807, 2.05) is 30.0 Å². The Balaban J connectivity index is 1.66. The maximum atomic E-state index is 12.0. The number of aromatic nitrogens is 4. The Morgan fingerprint density at radius 3 is 2.89 bits per heavy atom. The van der Waals surface area contributed by atoms with Crippen LogP contribution in [0.3, 0.4) is 0 Å². The second kappa shape index (κ2) is 7.59. The van der Waals surface area contributed by atoms with E-state index in [0.29, 0.717) is 41.8 Å². The van der Waals surface area contributed by atoms with Crippen molar-refractivity contribution in [2.45, 2.75) is 26.3 Å². The van der Waals surface area contributed by atoms with Crippen molar-refractivity contribution in [3.63, 3.8) is 0 Å². The van der Waals surface area contributed by atoms with Gasteiger partial charge in [0.2, 0.25) is 5.95 Å². The summed E-state index contributed by atoms with van der Waals surface area (Å²) >= 11 is 0. The third-order valence-electron chi connectivity index (χ3n) is 4.79. The summed E-state index contributed by atoms with van der Waals surface area (Å²) in [5, 5.41) is 5.33. The fourth-order valence-electron chi connectivity index (χ4n) is 3.34. The van der Waals surface area contributed by atoms with Gasteiger partial charge in [-0.15, -0.1) is 5.10 Å². The molecular formula is C19H24N6O3. The van der Waals surface area contributed by atoms with Crippen LogP contribution < -0.4 is 10.5 Å². The van der Waals surface area contributed by atoms with Crippen molar-refractivity contribution in [3.8, 4) is 5.75 Å². The van der Waals surface area contributed by atoms with Gasteiger partial charge in [-0.05, 0) is 37.8 Å². The first kappa shape index (κ1) is 18.4. The number of methoxy groups -OCH3 is 1. The molecule has 2 N–H and O–H groups in total. The molecule has 1 aliphatic carbocycles. The number of carbonyl (C=O) groups is 1. The number of ether oxygens (including phenoxy) is 2. The van der Waals surface area contributed by atoms with Crippen LogP contribution in [-0.4, -0.2) is 57.3 Å². The molecule has 4 rings (SSSR count). The summed E-state index contributed by atoms with van der Waals surface area (Å²) in [6.07, 6.45) is 2.39. The minimum absolute atomic E-state index is 0.224. The first-order chi connectivity index (χ1) is 13.6. The number of fused-ring (bicyclic) bond motifs is 3. The van der Waals surface area contributed by atoms with Gasteiger partial charge in [0, 0.05) is 11.9 Å². The first-order valence-corrected chi connectivity index (χ1v) is 9.44. The maximum absolute atomic E-state index is 12.0. The summed E-state index contributed by atoms with van der Waals surface area (Å²) in [6.45, 7) is 3.68. The number of hydrogen-bond donors (Lipinski definition) is 1. The predicted octanol–water partition coefficient (Wildman–Crippen LogP) is 1.64. The largest absolute Gasteiger partial charge is 0.494 e. The Morgan fingerprint density at radius 2 is 2.18 bits per heavy atom. The normalized spacial score (nSPS) is 14.1. The number of carbonyl (C=O) groups excluding carboxylic acids is 1. The van der Waals surface area contributed by atoms with Crippen LogP contribution in [0.2, 0.25) is 0 Å². The lowest BCUT2D eigenvalue weighted by Gasteiger charge is -2.19. The predicted molar refractivity (Wildman–Crippen MR) is 104 cm³/mol. The van der Waals surface area contributed by atoms with Gasteiger partial charge in [-0.3, -0.25) is 9.69 Å². The molecule has 0 unspecified atom stereocenters. The van der Waals surface area contributed by atoms with E-state index in [1.165, 1.54) is 17.4 Å². The lowest BCUT2D eigenvalue weighted by Crippen LogP contribution is -2.32. The molecule has 0 radical (unpaired) electrons. The molecule has 0 bridgehead atoms. The van der Waals surface area contributed by atoms with Crippen LogP contribution in [-0.2, 0) is 16.1 Å². The van der Waals surface area contributed by atoms with E-state index in [4.69, 9.17) is 15.2 Å². The molecule has 0 amide bonds. The molecule has 9 nitrogen and oxygen atoms in total. The van der Waals surface area contributed by atoms with Crippen molar-refractivity contribution >= 4 is 28.5 Å². The van der Waals surface area contributed by atoms with E-state index in [2.05, 4.69) is 15.1 Å². The van der Waals surface area contributed by atoms with E-state index in [1.54, 1.807) is 7.11 Å². The number of rotatable bonds is 8. The van der Waals surface area contributed by atoms with Crippen LogP contribution in [0, 0.1) is 5.92 Å². The lowest BCUT2D eigenvalue weighted by molar-refractivity contribution is -0.144. The second-order valence-electron chi connectivity index (χ2n) is 7.01. The Hall–Kier alpha value is -2.94. The number of nitrogen functional groups attached to an aromatic ring is 1. The molecule has 1 saturated carbocycles. The summed E-state index contributed by atoms with van der Waals surface area (Å²) in [7, 11) is 1.59. The van der Waals surface area contributed by atoms with Gasteiger partial charge in [0.1, 0.15) is 11.3 Å². The minimum Gasteiger partial charge on any atom is -0.494 e. The van der Waals surface area contributed by atoms with Crippen molar-refractivity contribution in [1.82, 2.24) is 24.5 Å². The van der Waals surface area contributed by atoms with Crippen LogP contribution in [0.15, 0.2) is 18.2 Å². The van der Waals surface area contributed by atoms with Crippen molar-refractivity contribution in [2.24, 2.45) is 5.92 Å². The summed E-state index contributed by atoms with van der Waals surface area (Å²) in [4.78, 5) is 23.1. The van der Waals surface area contributed by atoms with Gasteiger partial charge in [-0.1, -0.05) is 6.07 Å². The summed E-state index contributed by atoms with van der Waals surface area (Å²) in [6, 6.07) is 5.63. The molecule has 0 spiro atoms. The quantitative estimate of drug-likeness (QED) is 0.584.